The molecule has 0 radical (unpaired) electrons. The summed E-state index contributed by atoms with van der Waals surface area (Å²) < 4.78 is 10.2. The minimum Gasteiger partial charge on any atom is -0.478 e. The first-order valence-corrected chi connectivity index (χ1v) is 7.25. The topological polar surface area (TPSA) is 89.9 Å². The molecule has 0 saturated heterocycles. The molecular formula is C18H14O6. The maximum absolute atomic E-state index is 12.5. The lowest BCUT2D eigenvalue weighted by Crippen LogP contribution is -2.18. The van der Waals surface area contributed by atoms with E-state index in [1.54, 1.807) is 18.2 Å². The predicted molar refractivity (Wildman–Crippen MR) is 84.1 cm³/mol. The Morgan fingerprint density at radius 2 is 2.17 bits per heavy atom. The SMILES string of the molecule is COC(=O)c1ccc2c(c1)C(=O)C(/C=C1\C=C(C(=O)O)C=CC1)O2. The van der Waals surface area contributed by atoms with Crippen molar-refractivity contribution in [3.05, 3.63) is 64.8 Å². The number of ether oxygens (including phenoxy) is 2. The zero-order chi connectivity index (χ0) is 17.3. The molecule has 1 aliphatic carbocycles. The van der Waals surface area contributed by atoms with E-state index in [9.17, 15) is 14.4 Å². The molecule has 1 aromatic rings. The van der Waals surface area contributed by atoms with E-state index >= 15 is 0 Å². The van der Waals surface area contributed by atoms with Crippen LogP contribution in [0.5, 0.6) is 5.75 Å². The summed E-state index contributed by atoms with van der Waals surface area (Å²) >= 11 is 0. The second-order valence-electron chi connectivity index (χ2n) is 5.36. The number of esters is 1. The van der Waals surface area contributed by atoms with Gasteiger partial charge in [0.2, 0.25) is 5.78 Å². The lowest BCUT2D eigenvalue weighted by Gasteiger charge is -2.09. The first kappa shape index (κ1) is 15.7. The number of fused-ring (bicyclic) bond motifs is 1. The highest BCUT2D eigenvalue weighted by Gasteiger charge is 2.32. The van der Waals surface area contributed by atoms with Crippen LogP contribution in [0.15, 0.2) is 53.6 Å². The fraction of sp³-hybridized carbons (Fsp3) is 0.167. The van der Waals surface area contributed by atoms with Crippen molar-refractivity contribution < 1.29 is 29.0 Å². The number of benzene rings is 1. The molecule has 1 unspecified atom stereocenters. The van der Waals surface area contributed by atoms with Gasteiger partial charge in [0.15, 0.2) is 6.10 Å². The molecule has 3 rings (SSSR count). The highest BCUT2D eigenvalue weighted by atomic mass is 16.5. The van der Waals surface area contributed by atoms with Gasteiger partial charge in [0, 0.05) is 0 Å². The quantitative estimate of drug-likeness (QED) is 0.857. The molecule has 6 nitrogen and oxygen atoms in total. The van der Waals surface area contributed by atoms with Crippen LogP contribution in [-0.2, 0) is 9.53 Å². The molecular weight excluding hydrogens is 312 g/mol. The Labute approximate surface area is 137 Å². The molecule has 6 heteroatoms. The summed E-state index contributed by atoms with van der Waals surface area (Å²) in [6, 6.07) is 4.53. The van der Waals surface area contributed by atoms with Gasteiger partial charge in [0.1, 0.15) is 5.75 Å². The summed E-state index contributed by atoms with van der Waals surface area (Å²) in [6.07, 6.45) is 6.05. The van der Waals surface area contributed by atoms with E-state index in [4.69, 9.17) is 9.84 Å². The Morgan fingerprint density at radius 1 is 1.38 bits per heavy atom. The third-order valence-corrected chi connectivity index (χ3v) is 3.78. The average molecular weight is 326 g/mol. The Hall–Kier alpha value is -3.15. The van der Waals surface area contributed by atoms with Crippen molar-refractivity contribution in [1.29, 1.82) is 0 Å². The molecule has 1 atom stereocenters. The highest BCUT2D eigenvalue weighted by molar-refractivity contribution is 6.07. The molecule has 0 aromatic heterocycles. The highest BCUT2D eigenvalue weighted by Crippen LogP contribution is 2.31. The van der Waals surface area contributed by atoms with Gasteiger partial charge < -0.3 is 14.6 Å². The van der Waals surface area contributed by atoms with Crippen LogP contribution in [0.2, 0.25) is 0 Å². The number of ketones is 1. The number of carboxylic acids is 1. The minimum absolute atomic E-state index is 0.156. The molecule has 1 aliphatic heterocycles. The van der Waals surface area contributed by atoms with Gasteiger partial charge in [-0.15, -0.1) is 0 Å². The van der Waals surface area contributed by atoms with E-state index in [-0.39, 0.29) is 16.9 Å². The van der Waals surface area contributed by atoms with Crippen LogP contribution in [0.1, 0.15) is 27.1 Å². The lowest BCUT2D eigenvalue weighted by atomic mass is 9.98. The number of hydrogen-bond acceptors (Lipinski definition) is 5. The second-order valence-corrected chi connectivity index (χ2v) is 5.36. The number of carbonyl (C=O) groups is 3. The smallest absolute Gasteiger partial charge is 0.337 e. The van der Waals surface area contributed by atoms with Crippen molar-refractivity contribution in [2.75, 3.05) is 7.11 Å². The Balaban J connectivity index is 1.86. The average Bonchev–Trinajstić information content (AvgIpc) is 2.90. The minimum atomic E-state index is -1.03. The summed E-state index contributed by atoms with van der Waals surface area (Å²) in [5.41, 5.74) is 1.43. The number of hydrogen-bond donors (Lipinski definition) is 1. The van der Waals surface area contributed by atoms with Gasteiger partial charge in [-0.1, -0.05) is 12.2 Å². The largest absolute Gasteiger partial charge is 0.478 e. The molecule has 0 spiro atoms. The Morgan fingerprint density at radius 3 is 2.88 bits per heavy atom. The number of allylic oxidation sites excluding steroid dienone is 3. The maximum atomic E-state index is 12.5. The third kappa shape index (κ3) is 2.86. The number of Topliss-reactive ketones (excluding diaryl/α,β-unsaturated/α-hetero) is 1. The van der Waals surface area contributed by atoms with Crippen LogP contribution >= 0.6 is 0 Å². The van der Waals surface area contributed by atoms with Crippen LogP contribution in [0.3, 0.4) is 0 Å². The second kappa shape index (κ2) is 6.16. The predicted octanol–water partition coefficient (Wildman–Crippen LogP) is 2.31. The van der Waals surface area contributed by atoms with Gasteiger partial charge >= 0.3 is 11.9 Å². The fourth-order valence-electron chi connectivity index (χ4n) is 2.60. The van der Waals surface area contributed by atoms with Crippen LogP contribution in [0.25, 0.3) is 0 Å². The zero-order valence-electron chi connectivity index (χ0n) is 12.8. The van der Waals surface area contributed by atoms with Gasteiger partial charge in [-0.05, 0) is 42.3 Å². The van der Waals surface area contributed by atoms with Crippen molar-refractivity contribution in [2.24, 2.45) is 0 Å². The van der Waals surface area contributed by atoms with Gasteiger partial charge in [-0.3, -0.25) is 4.79 Å². The van der Waals surface area contributed by atoms with Gasteiger partial charge in [-0.2, -0.15) is 0 Å². The van der Waals surface area contributed by atoms with Crippen molar-refractivity contribution in [3.63, 3.8) is 0 Å². The molecule has 0 fully saturated rings. The zero-order valence-corrected chi connectivity index (χ0v) is 12.8. The number of carboxylic acid groups (broad SMARTS) is 1. The molecule has 1 aromatic carbocycles. The molecule has 0 saturated carbocycles. The Kier molecular flexibility index (Phi) is 4.04. The molecule has 2 aliphatic rings. The van der Waals surface area contributed by atoms with Crippen LogP contribution in [-0.4, -0.2) is 36.0 Å². The number of methoxy groups -OCH3 is 1. The summed E-state index contributed by atoms with van der Waals surface area (Å²) in [7, 11) is 1.27. The van der Waals surface area contributed by atoms with Crippen molar-refractivity contribution in [1.82, 2.24) is 0 Å². The van der Waals surface area contributed by atoms with Crippen molar-refractivity contribution in [3.8, 4) is 5.75 Å². The first-order chi connectivity index (χ1) is 11.5. The van der Waals surface area contributed by atoms with E-state index in [1.165, 1.54) is 31.4 Å². The molecule has 0 bridgehead atoms. The number of rotatable bonds is 3. The third-order valence-electron chi connectivity index (χ3n) is 3.78. The first-order valence-electron chi connectivity index (χ1n) is 7.25. The van der Waals surface area contributed by atoms with E-state index in [1.807, 2.05) is 0 Å². The summed E-state index contributed by atoms with van der Waals surface area (Å²) in [4.78, 5) is 35.1. The number of carbonyl (C=O) groups excluding carboxylic acids is 2. The Bertz CT molecular complexity index is 828. The van der Waals surface area contributed by atoms with E-state index in [0.29, 0.717) is 23.3 Å². The molecule has 1 heterocycles. The molecule has 24 heavy (non-hydrogen) atoms. The summed E-state index contributed by atoms with van der Waals surface area (Å²) in [5, 5.41) is 9.03. The lowest BCUT2D eigenvalue weighted by molar-refractivity contribution is -0.132. The van der Waals surface area contributed by atoms with Crippen LogP contribution < -0.4 is 4.74 Å². The summed E-state index contributed by atoms with van der Waals surface area (Å²) in [5.74, 6) is -1.44. The van der Waals surface area contributed by atoms with E-state index in [2.05, 4.69) is 4.74 Å². The molecule has 122 valence electrons. The number of aliphatic carboxylic acids is 1. The van der Waals surface area contributed by atoms with Crippen molar-refractivity contribution in [2.45, 2.75) is 12.5 Å². The fourth-order valence-corrected chi connectivity index (χ4v) is 2.60. The maximum Gasteiger partial charge on any atom is 0.337 e. The monoisotopic (exact) mass is 326 g/mol. The molecule has 0 amide bonds. The van der Waals surface area contributed by atoms with Crippen LogP contribution in [0, 0.1) is 0 Å². The standard InChI is InChI=1S/C18H14O6/c1-23-18(22)12-5-6-14-13(9-12)16(19)15(24-14)8-10-3-2-4-11(7-10)17(20)21/h2,4-9,15H,3H2,1H3,(H,20,21)/b10-8-. The van der Waals surface area contributed by atoms with E-state index < -0.39 is 18.0 Å². The summed E-state index contributed by atoms with van der Waals surface area (Å²) in [6.45, 7) is 0. The van der Waals surface area contributed by atoms with Gasteiger partial charge in [0.05, 0.1) is 23.8 Å². The van der Waals surface area contributed by atoms with Gasteiger partial charge in [0.25, 0.3) is 0 Å². The molecule has 1 N–H and O–H groups in total. The van der Waals surface area contributed by atoms with Crippen LogP contribution in [0.4, 0.5) is 0 Å². The van der Waals surface area contributed by atoms with Gasteiger partial charge in [-0.25, -0.2) is 9.59 Å². The van der Waals surface area contributed by atoms with Crippen molar-refractivity contribution >= 4 is 17.7 Å². The van der Waals surface area contributed by atoms with E-state index in [0.717, 1.165) is 0 Å². The normalized spacial score (nSPS) is 20.4.